The summed E-state index contributed by atoms with van der Waals surface area (Å²) in [5.74, 6) is 0.779. The number of nitrogens with one attached hydrogen (secondary N) is 1. The van der Waals surface area contributed by atoms with E-state index in [1.165, 1.54) is 64.6 Å². The van der Waals surface area contributed by atoms with E-state index < -0.39 is 0 Å². The highest BCUT2D eigenvalue weighted by Gasteiger charge is 2.37. The second kappa shape index (κ2) is 6.11. The lowest BCUT2D eigenvalue weighted by molar-refractivity contribution is 0.112. The summed E-state index contributed by atoms with van der Waals surface area (Å²) in [4.78, 5) is 2.77. The van der Waals surface area contributed by atoms with Crippen LogP contribution in [-0.2, 0) is 4.74 Å². The summed E-state index contributed by atoms with van der Waals surface area (Å²) in [7, 11) is 0. The molecular formula is C16H30N2O. The average Bonchev–Trinajstić information content (AvgIpc) is 2.87. The van der Waals surface area contributed by atoms with E-state index in [1.54, 1.807) is 0 Å². The van der Waals surface area contributed by atoms with Crippen LogP contribution in [-0.4, -0.2) is 49.3 Å². The van der Waals surface area contributed by atoms with Gasteiger partial charge in [-0.2, -0.15) is 0 Å². The standard InChI is InChI=1S/C16H30N2O/c1-14-5-9-17-16(7-3-2-4-8-16)13-18(14)11-15-6-10-19-12-15/h14-15,17H,2-13H2,1H3. The molecule has 2 aliphatic heterocycles. The summed E-state index contributed by atoms with van der Waals surface area (Å²) in [5.41, 5.74) is 0.433. The molecule has 3 fully saturated rings. The predicted molar refractivity (Wildman–Crippen MR) is 78.4 cm³/mol. The van der Waals surface area contributed by atoms with Crippen molar-refractivity contribution in [1.29, 1.82) is 0 Å². The van der Waals surface area contributed by atoms with Crippen LogP contribution in [0.2, 0.25) is 0 Å². The van der Waals surface area contributed by atoms with Crippen LogP contribution in [0.25, 0.3) is 0 Å². The third-order valence-electron chi connectivity index (χ3n) is 5.52. The van der Waals surface area contributed by atoms with Crippen LogP contribution in [0.5, 0.6) is 0 Å². The molecule has 2 heterocycles. The molecule has 3 aliphatic rings. The number of ether oxygens (including phenoxy) is 1. The molecule has 2 unspecified atom stereocenters. The van der Waals surface area contributed by atoms with E-state index in [4.69, 9.17) is 4.74 Å². The van der Waals surface area contributed by atoms with Gasteiger partial charge in [-0.25, -0.2) is 0 Å². The highest BCUT2D eigenvalue weighted by molar-refractivity contribution is 4.97. The maximum Gasteiger partial charge on any atom is 0.0507 e. The zero-order chi connectivity index (χ0) is 13.1. The van der Waals surface area contributed by atoms with Gasteiger partial charge in [0.05, 0.1) is 6.61 Å². The molecule has 0 amide bonds. The highest BCUT2D eigenvalue weighted by Crippen LogP contribution is 2.32. The summed E-state index contributed by atoms with van der Waals surface area (Å²) >= 11 is 0. The van der Waals surface area contributed by atoms with Gasteiger partial charge in [0.15, 0.2) is 0 Å². The van der Waals surface area contributed by atoms with Crippen molar-refractivity contribution in [3.63, 3.8) is 0 Å². The second-order valence-electron chi connectivity index (χ2n) is 7.06. The van der Waals surface area contributed by atoms with Crippen molar-refractivity contribution in [3.8, 4) is 0 Å². The van der Waals surface area contributed by atoms with E-state index in [9.17, 15) is 0 Å². The Hall–Kier alpha value is -0.120. The smallest absolute Gasteiger partial charge is 0.0507 e. The Balaban J connectivity index is 1.65. The van der Waals surface area contributed by atoms with Crippen LogP contribution in [0.1, 0.15) is 51.9 Å². The van der Waals surface area contributed by atoms with Crippen molar-refractivity contribution in [2.75, 3.05) is 32.8 Å². The predicted octanol–water partition coefficient (Wildman–Crippen LogP) is 2.41. The summed E-state index contributed by atoms with van der Waals surface area (Å²) in [6.07, 6.45) is 9.62. The van der Waals surface area contributed by atoms with Gasteiger partial charge < -0.3 is 10.1 Å². The first kappa shape index (κ1) is 13.8. The van der Waals surface area contributed by atoms with E-state index in [2.05, 4.69) is 17.1 Å². The Morgan fingerprint density at radius 2 is 2.05 bits per heavy atom. The fourth-order valence-corrected chi connectivity index (χ4v) is 4.20. The zero-order valence-electron chi connectivity index (χ0n) is 12.5. The van der Waals surface area contributed by atoms with Gasteiger partial charge in [0.2, 0.25) is 0 Å². The van der Waals surface area contributed by atoms with Crippen LogP contribution in [0, 0.1) is 5.92 Å². The van der Waals surface area contributed by atoms with E-state index in [0.717, 1.165) is 25.2 Å². The molecule has 3 rings (SSSR count). The molecule has 1 N–H and O–H groups in total. The van der Waals surface area contributed by atoms with Gasteiger partial charge in [0.1, 0.15) is 0 Å². The van der Waals surface area contributed by atoms with Crippen molar-refractivity contribution < 1.29 is 4.74 Å². The Morgan fingerprint density at radius 3 is 2.79 bits per heavy atom. The summed E-state index contributed by atoms with van der Waals surface area (Å²) in [6, 6.07) is 0.731. The molecule has 1 spiro atoms. The topological polar surface area (TPSA) is 24.5 Å². The first-order valence-electron chi connectivity index (χ1n) is 8.34. The molecule has 3 nitrogen and oxygen atoms in total. The minimum Gasteiger partial charge on any atom is -0.381 e. The monoisotopic (exact) mass is 266 g/mol. The molecule has 0 bridgehead atoms. The van der Waals surface area contributed by atoms with Gasteiger partial charge in [0, 0.05) is 31.3 Å². The normalized spacial score (nSPS) is 36.5. The van der Waals surface area contributed by atoms with Crippen molar-refractivity contribution >= 4 is 0 Å². The van der Waals surface area contributed by atoms with Gasteiger partial charge in [-0.05, 0) is 45.1 Å². The van der Waals surface area contributed by atoms with Crippen molar-refractivity contribution in [3.05, 3.63) is 0 Å². The molecule has 3 heteroatoms. The van der Waals surface area contributed by atoms with Crippen LogP contribution in [0.4, 0.5) is 0 Å². The van der Waals surface area contributed by atoms with E-state index in [0.29, 0.717) is 5.54 Å². The highest BCUT2D eigenvalue weighted by atomic mass is 16.5. The van der Waals surface area contributed by atoms with Crippen LogP contribution < -0.4 is 5.32 Å². The number of nitrogens with zero attached hydrogens (tertiary/aromatic N) is 1. The minimum absolute atomic E-state index is 0.433. The molecule has 1 saturated carbocycles. The largest absolute Gasteiger partial charge is 0.381 e. The Bertz CT molecular complexity index is 282. The second-order valence-corrected chi connectivity index (χ2v) is 7.06. The first-order chi connectivity index (χ1) is 9.27. The van der Waals surface area contributed by atoms with Crippen molar-refractivity contribution in [1.82, 2.24) is 10.2 Å². The van der Waals surface area contributed by atoms with Gasteiger partial charge >= 0.3 is 0 Å². The molecule has 1 aliphatic carbocycles. The molecular weight excluding hydrogens is 236 g/mol. The average molecular weight is 266 g/mol. The summed E-state index contributed by atoms with van der Waals surface area (Å²) in [5, 5.41) is 3.91. The lowest BCUT2D eigenvalue weighted by Gasteiger charge is -2.41. The summed E-state index contributed by atoms with van der Waals surface area (Å²) < 4.78 is 5.56. The molecule has 110 valence electrons. The zero-order valence-corrected chi connectivity index (χ0v) is 12.5. The Kier molecular flexibility index (Phi) is 4.45. The van der Waals surface area contributed by atoms with Gasteiger partial charge in [-0.15, -0.1) is 0 Å². The molecule has 0 radical (unpaired) electrons. The lowest BCUT2D eigenvalue weighted by Crippen LogP contribution is -2.54. The third kappa shape index (κ3) is 3.32. The van der Waals surface area contributed by atoms with Gasteiger partial charge in [0.25, 0.3) is 0 Å². The summed E-state index contributed by atoms with van der Waals surface area (Å²) in [6.45, 7) is 8.12. The molecule has 0 aromatic carbocycles. The Morgan fingerprint density at radius 1 is 1.21 bits per heavy atom. The van der Waals surface area contributed by atoms with E-state index in [1.807, 2.05) is 0 Å². The number of hydrogen-bond acceptors (Lipinski definition) is 3. The molecule has 19 heavy (non-hydrogen) atoms. The van der Waals surface area contributed by atoms with Crippen LogP contribution in [0.3, 0.4) is 0 Å². The van der Waals surface area contributed by atoms with Crippen LogP contribution in [0.15, 0.2) is 0 Å². The van der Waals surface area contributed by atoms with Crippen LogP contribution >= 0.6 is 0 Å². The minimum atomic E-state index is 0.433. The molecule has 0 aromatic heterocycles. The van der Waals surface area contributed by atoms with E-state index >= 15 is 0 Å². The van der Waals surface area contributed by atoms with Gasteiger partial charge in [-0.1, -0.05) is 19.3 Å². The molecule has 2 atom stereocenters. The third-order valence-corrected chi connectivity index (χ3v) is 5.52. The number of rotatable bonds is 2. The number of hydrogen-bond donors (Lipinski definition) is 1. The SMILES string of the molecule is CC1CCNC2(CCCCC2)CN1CC1CCOC1. The quantitative estimate of drug-likeness (QED) is 0.830. The fourth-order valence-electron chi connectivity index (χ4n) is 4.20. The van der Waals surface area contributed by atoms with E-state index in [-0.39, 0.29) is 0 Å². The van der Waals surface area contributed by atoms with Crippen molar-refractivity contribution in [2.45, 2.75) is 63.5 Å². The molecule has 0 aromatic rings. The molecule has 2 saturated heterocycles. The Labute approximate surface area is 118 Å². The van der Waals surface area contributed by atoms with Gasteiger partial charge in [-0.3, -0.25) is 4.90 Å². The first-order valence-corrected chi connectivity index (χ1v) is 8.34. The maximum absolute atomic E-state index is 5.56. The van der Waals surface area contributed by atoms with Crippen molar-refractivity contribution in [2.24, 2.45) is 5.92 Å². The lowest BCUT2D eigenvalue weighted by atomic mass is 9.81. The fraction of sp³-hybridized carbons (Fsp3) is 1.00. The maximum atomic E-state index is 5.56.